The summed E-state index contributed by atoms with van der Waals surface area (Å²) in [7, 11) is 0. The zero-order chi connectivity index (χ0) is 12.5. The molecule has 0 bridgehead atoms. The molecule has 0 saturated carbocycles. The van der Waals surface area contributed by atoms with E-state index in [-0.39, 0.29) is 20.6 Å². The average Bonchev–Trinajstić information content (AvgIpc) is 2.24. The highest BCUT2D eigenvalue weighted by atomic mass is 35.5. The fraction of sp³-hybridized carbons (Fsp3) is 0.333. The summed E-state index contributed by atoms with van der Waals surface area (Å²) < 4.78 is 26.4. The molecule has 90 valence electrons. The number of aliphatic hydroxyl groups is 1. The van der Waals surface area contributed by atoms with Crippen LogP contribution in [-0.2, 0) is 0 Å². The largest absolute Gasteiger partial charge is 0.390 e. The SMILES string of the molecule is N[C@H](c1c(Cl)ccc(Cl)c1Cl)C(F)(F)CO. The third-order valence-corrected chi connectivity index (χ3v) is 3.20. The lowest BCUT2D eigenvalue weighted by molar-refractivity contribution is -0.0711. The quantitative estimate of drug-likeness (QED) is 0.839. The molecule has 0 aliphatic rings. The van der Waals surface area contributed by atoms with Gasteiger partial charge in [-0.2, -0.15) is 0 Å². The molecule has 0 aromatic heterocycles. The van der Waals surface area contributed by atoms with Crippen LogP contribution in [-0.4, -0.2) is 17.6 Å². The van der Waals surface area contributed by atoms with E-state index in [1.165, 1.54) is 12.1 Å². The van der Waals surface area contributed by atoms with E-state index in [2.05, 4.69) is 0 Å². The summed E-state index contributed by atoms with van der Waals surface area (Å²) in [4.78, 5) is 0. The highest BCUT2D eigenvalue weighted by molar-refractivity contribution is 6.44. The van der Waals surface area contributed by atoms with Crippen molar-refractivity contribution in [3.05, 3.63) is 32.8 Å². The Morgan fingerprint density at radius 1 is 1.25 bits per heavy atom. The fourth-order valence-electron chi connectivity index (χ4n) is 1.14. The first-order chi connectivity index (χ1) is 7.31. The van der Waals surface area contributed by atoms with Gasteiger partial charge in [0.05, 0.1) is 16.1 Å². The summed E-state index contributed by atoms with van der Waals surface area (Å²) in [6, 6.07) is 0.883. The number of nitrogens with two attached hydrogens (primary N) is 1. The highest BCUT2D eigenvalue weighted by Crippen LogP contribution is 2.40. The van der Waals surface area contributed by atoms with Gasteiger partial charge in [-0.15, -0.1) is 0 Å². The highest BCUT2D eigenvalue weighted by Gasteiger charge is 2.39. The molecule has 16 heavy (non-hydrogen) atoms. The van der Waals surface area contributed by atoms with Crippen LogP contribution >= 0.6 is 34.8 Å². The van der Waals surface area contributed by atoms with Gasteiger partial charge < -0.3 is 10.8 Å². The van der Waals surface area contributed by atoms with Crippen LogP contribution in [0.2, 0.25) is 15.1 Å². The third kappa shape index (κ3) is 2.57. The van der Waals surface area contributed by atoms with Crippen molar-refractivity contribution in [3.8, 4) is 0 Å². The number of hydrogen-bond donors (Lipinski definition) is 2. The number of alkyl halides is 2. The van der Waals surface area contributed by atoms with Gasteiger partial charge in [0.1, 0.15) is 6.61 Å². The van der Waals surface area contributed by atoms with E-state index in [1.807, 2.05) is 0 Å². The van der Waals surface area contributed by atoms with Gasteiger partial charge in [0.15, 0.2) is 0 Å². The zero-order valence-corrected chi connectivity index (χ0v) is 10.1. The molecule has 0 fully saturated rings. The standard InChI is InChI=1S/C9H8Cl3F2NO/c10-4-1-2-5(11)7(12)6(4)8(15)9(13,14)3-16/h1-2,8,16H,3,15H2/t8-/m1/s1. The normalized spacial score (nSPS) is 13.9. The minimum absolute atomic E-state index is 0.0185. The van der Waals surface area contributed by atoms with E-state index in [1.54, 1.807) is 0 Å². The minimum Gasteiger partial charge on any atom is -0.390 e. The first kappa shape index (κ1) is 13.9. The number of hydrogen-bond acceptors (Lipinski definition) is 2. The third-order valence-electron chi connectivity index (χ3n) is 2.06. The Kier molecular flexibility index (Phi) is 4.37. The number of rotatable bonds is 3. The smallest absolute Gasteiger partial charge is 0.289 e. The summed E-state index contributed by atoms with van der Waals surface area (Å²) in [5.74, 6) is -3.52. The molecule has 1 aromatic carbocycles. The predicted octanol–water partition coefficient (Wildman–Crippen LogP) is 3.27. The van der Waals surface area contributed by atoms with Crippen molar-refractivity contribution in [1.82, 2.24) is 0 Å². The molecular formula is C9H8Cl3F2NO. The first-order valence-electron chi connectivity index (χ1n) is 4.19. The van der Waals surface area contributed by atoms with Gasteiger partial charge in [-0.3, -0.25) is 0 Å². The van der Waals surface area contributed by atoms with E-state index in [4.69, 9.17) is 45.6 Å². The summed E-state index contributed by atoms with van der Waals surface area (Å²) in [5, 5.41) is 8.45. The maximum atomic E-state index is 13.2. The van der Waals surface area contributed by atoms with Gasteiger partial charge in [-0.1, -0.05) is 34.8 Å². The molecule has 7 heteroatoms. The Labute approximate surface area is 106 Å². The number of aliphatic hydroxyl groups excluding tert-OH is 1. The Balaban J connectivity index is 3.28. The molecule has 0 unspecified atom stereocenters. The summed E-state index contributed by atoms with van der Waals surface area (Å²) in [5.41, 5.74) is 5.14. The summed E-state index contributed by atoms with van der Waals surface area (Å²) in [6.07, 6.45) is 0. The van der Waals surface area contributed by atoms with E-state index in [0.717, 1.165) is 0 Å². The lowest BCUT2D eigenvalue weighted by Crippen LogP contribution is -2.36. The van der Waals surface area contributed by atoms with Crippen LogP contribution in [0.3, 0.4) is 0 Å². The van der Waals surface area contributed by atoms with Crippen LogP contribution in [0, 0.1) is 0 Å². The Bertz CT molecular complexity index is 401. The van der Waals surface area contributed by atoms with Gasteiger partial charge in [0.2, 0.25) is 0 Å². The van der Waals surface area contributed by atoms with Gasteiger partial charge >= 0.3 is 0 Å². The molecule has 0 heterocycles. The van der Waals surface area contributed by atoms with Crippen molar-refractivity contribution < 1.29 is 13.9 Å². The second-order valence-corrected chi connectivity index (χ2v) is 4.35. The molecule has 0 aliphatic carbocycles. The molecule has 0 aliphatic heterocycles. The monoisotopic (exact) mass is 289 g/mol. The molecule has 1 aromatic rings. The molecule has 3 N–H and O–H groups in total. The average molecular weight is 291 g/mol. The molecule has 0 spiro atoms. The van der Waals surface area contributed by atoms with Crippen LogP contribution in [0.4, 0.5) is 8.78 Å². The van der Waals surface area contributed by atoms with Crippen LogP contribution < -0.4 is 5.73 Å². The van der Waals surface area contributed by atoms with Crippen molar-refractivity contribution in [2.45, 2.75) is 12.0 Å². The summed E-state index contributed by atoms with van der Waals surface area (Å²) in [6.45, 7) is -1.40. The van der Waals surface area contributed by atoms with Crippen molar-refractivity contribution in [2.75, 3.05) is 6.61 Å². The van der Waals surface area contributed by atoms with E-state index >= 15 is 0 Å². The van der Waals surface area contributed by atoms with Gasteiger partial charge in [-0.25, -0.2) is 8.78 Å². The Hall–Kier alpha value is -0.130. The molecule has 1 atom stereocenters. The first-order valence-corrected chi connectivity index (χ1v) is 5.32. The van der Waals surface area contributed by atoms with Gasteiger partial charge in [0, 0.05) is 10.6 Å². The fourth-order valence-corrected chi connectivity index (χ4v) is 1.91. The summed E-state index contributed by atoms with van der Waals surface area (Å²) >= 11 is 17.1. The Morgan fingerprint density at radius 3 is 2.25 bits per heavy atom. The number of halogens is 5. The Morgan fingerprint density at radius 2 is 1.75 bits per heavy atom. The predicted molar refractivity (Wildman–Crippen MR) is 60.4 cm³/mol. The second-order valence-electron chi connectivity index (χ2n) is 3.15. The lowest BCUT2D eigenvalue weighted by Gasteiger charge is -2.23. The van der Waals surface area contributed by atoms with Gasteiger partial charge in [0.25, 0.3) is 5.92 Å². The number of benzene rings is 1. The van der Waals surface area contributed by atoms with Crippen molar-refractivity contribution in [3.63, 3.8) is 0 Å². The van der Waals surface area contributed by atoms with E-state index in [9.17, 15) is 8.78 Å². The van der Waals surface area contributed by atoms with Crippen molar-refractivity contribution in [1.29, 1.82) is 0 Å². The van der Waals surface area contributed by atoms with Crippen molar-refractivity contribution >= 4 is 34.8 Å². The van der Waals surface area contributed by atoms with Crippen LogP contribution in [0.15, 0.2) is 12.1 Å². The molecule has 0 radical (unpaired) electrons. The minimum atomic E-state index is -3.52. The molecule has 0 amide bonds. The maximum absolute atomic E-state index is 13.2. The van der Waals surface area contributed by atoms with Crippen LogP contribution in [0.1, 0.15) is 11.6 Å². The van der Waals surface area contributed by atoms with Gasteiger partial charge in [-0.05, 0) is 12.1 Å². The van der Waals surface area contributed by atoms with E-state index < -0.39 is 18.6 Å². The van der Waals surface area contributed by atoms with E-state index in [0.29, 0.717) is 0 Å². The topological polar surface area (TPSA) is 46.2 Å². The molecular weight excluding hydrogens is 282 g/mol. The van der Waals surface area contributed by atoms with Crippen molar-refractivity contribution in [2.24, 2.45) is 5.73 Å². The maximum Gasteiger partial charge on any atom is 0.289 e. The lowest BCUT2D eigenvalue weighted by atomic mass is 10.0. The van der Waals surface area contributed by atoms with Crippen LogP contribution in [0.5, 0.6) is 0 Å². The zero-order valence-electron chi connectivity index (χ0n) is 7.85. The molecule has 2 nitrogen and oxygen atoms in total. The van der Waals surface area contributed by atoms with Crippen LogP contribution in [0.25, 0.3) is 0 Å². The molecule has 1 rings (SSSR count). The molecule has 0 saturated heterocycles. The second kappa shape index (κ2) is 5.02.